The second-order valence-electron chi connectivity index (χ2n) is 1.50. The van der Waals surface area contributed by atoms with Gasteiger partial charge in [0.2, 0.25) is 0 Å². The first-order valence-corrected chi connectivity index (χ1v) is 1.43. The lowest BCUT2D eigenvalue weighted by molar-refractivity contribution is 0.158. The van der Waals surface area contributed by atoms with Crippen LogP contribution in [0.5, 0.6) is 0 Å². The third-order valence-corrected chi connectivity index (χ3v) is 0. The van der Waals surface area contributed by atoms with Gasteiger partial charge in [-0.3, -0.25) is 0 Å². The molecule has 28 valence electrons. The van der Waals surface area contributed by atoms with Crippen LogP contribution in [0.15, 0.2) is 0 Å². The molecule has 0 rings (SSSR count). The summed E-state index contributed by atoms with van der Waals surface area (Å²) in [6.07, 6.45) is 0. The van der Waals surface area contributed by atoms with Gasteiger partial charge in [-0.2, -0.15) is 0 Å². The molecule has 0 spiro atoms. The quantitative estimate of drug-likeness (QED) is 0.411. The van der Waals surface area contributed by atoms with Gasteiger partial charge in [0.1, 0.15) is 13.8 Å². The third kappa shape index (κ3) is 119. The van der Waals surface area contributed by atoms with E-state index in [2.05, 4.69) is 13.8 Å². The molecule has 0 aromatic heterocycles. The van der Waals surface area contributed by atoms with Crippen molar-refractivity contribution in [2.75, 3.05) is 0 Å². The monoisotopic (exact) mass is 72.1 g/mol. The highest BCUT2D eigenvalue weighted by Gasteiger charge is 2.18. The van der Waals surface area contributed by atoms with Crippen LogP contribution < -0.4 is 0 Å². The highest BCUT2D eigenvalue weighted by molar-refractivity contribution is 4.76. The normalized spacial score (nSPS) is 11.6. The maximum absolute atomic E-state index is 8.30. The van der Waals surface area contributed by atoms with Crippen LogP contribution >= 0.6 is 0 Å². The Labute approximate surface area is 32.6 Å². The molecule has 0 heterocycles. The standard InChI is InChI=1S/C4H8O/c1-4(2,3)5/h5H,1-2H2,3H3/q+2. The second-order valence-corrected chi connectivity index (χ2v) is 1.50. The fourth-order valence-electron chi connectivity index (χ4n) is 0. The van der Waals surface area contributed by atoms with E-state index in [0.717, 1.165) is 0 Å². The van der Waals surface area contributed by atoms with Gasteiger partial charge in [0.25, 0.3) is 0 Å². The molecule has 1 heteroatoms. The van der Waals surface area contributed by atoms with E-state index in [9.17, 15) is 0 Å². The molecule has 0 aromatic carbocycles. The van der Waals surface area contributed by atoms with E-state index in [-0.39, 0.29) is 0 Å². The third-order valence-electron chi connectivity index (χ3n) is 0. The Bertz CT molecular complexity index is 19.1. The van der Waals surface area contributed by atoms with E-state index in [0.29, 0.717) is 0 Å². The highest BCUT2D eigenvalue weighted by Crippen LogP contribution is 1.91. The van der Waals surface area contributed by atoms with E-state index < -0.39 is 5.60 Å². The Morgan fingerprint density at radius 3 is 1.60 bits per heavy atom. The average molecular weight is 72.1 g/mol. The highest BCUT2D eigenvalue weighted by atomic mass is 16.3. The van der Waals surface area contributed by atoms with Gasteiger partial charge in [0.05, 0.1) is 6.92 Å². The molecule has 0 amide bonds. The lowest BCUT2D eigenvalue weighted by Crippen LogP contribution is -2.11. The molecule has 0 saturated carbocycles. The second kappa shape index (κ2) is 0.830. The first-order valence-electron chi connectivity index (χ1n) is 1.43. The summed E-state index contributed by atoms with van der Waals surface area (Å²) >= 11 is 0. The summed E-state index contributed by atoms with van der Waals surface area (Å²) < 4.78 is 0. The molecule has 0 aliphatic heterocycles. The molecule has 0 aromatic rings. The molecule has 0 saturated heterocycles. The zero-order valence-electron chi connectivity index (χ0n) is 3.36. The van der Waals surface area contributed by atoms with Crippen molar-refractivity contribution in [3.8, 4) is 0 Å². The molecule has 0 aliphatic carbocycles. The molecule has 0 atom stereocenters. The van der Waals surface area contributed by atoms with Crippen molar-refractivity contribution in [1.82, 2.24) is 0 Å². The molecule has 0 aliphatic rings. The minimum atomic E-state index is -1.00. The summed E-state index contributed by atoms with van der Waals surface area (Å²) in [4.78, 5) is 0. The first-order chi connectivity index (χ1) is 2.00. The van der Waals surface area contributed by atoms with Gasteiger partial charge in [0, 0.05) is 0 Å². The van der Waals surface area contributed by atoms with E-state index in [1.807, 2.05) is 0 Å². The van der Waals surface area contributed by atoms with E-state index in [4.69, 9.17) is 5.11 Å². The molecule has 1 N–H and O–H groups in total. The fraction of sp³-hybridized carbons (Fsp3) is 0.500. The SMILES string of the molecule is [CH2+]C([CH2+])(C)O. The summed E-state index contributed by atoms with van der Waals surface area (Å²) in [7, 11) is 0. The molecule has 0 radical (unpaired) electrons. The minimum Gasteiger partial charge on any atom is -0.315 e. The minimum absolute atomic E-state index is 1.00. The van der Waals surface area contributed by atoms with Crippen LogP contribution in [-0.4, -0.2) is 10.7 Å². The van der Waals surface area contributed by atoms with Crippen LogP contribution in [0.25, 0.3) is 0 Å². The van der Waals surface area contributed by atoms with Crippen LogP contribution in [0.3, 0.4) is 0 Å². The van der Waals surface area contributed by atoms with Crippen molar-refractivity contribution in [3.63, 3.8) is 0 Å². The van der Waals surface area contributed by atoms with Gasteiger partial charge in [-0.15, -0.1) is 0 Å². The Morgan fingerprint density at radius 1 is 1.60 bits per heavy atom. The lowest BCUT2D eigenvalue weighted by Gasteiger charge is -1.85. The van der Waals surface area contributed by atoms with Crippen LogP contribution in [-0.2, 0) is 0 Å². The van der Waals surface area contributed by atoms with Crippen LogP contribution in [0, 0.1) is 13.8 Å². The summed E-state index contributed by atoms with van der Waals surface area (Å²) in [5.41, 5.74) is -1.00. The van der Waals surface area contributed by atoms with Crippen molar-refractivity contribution in [2.24, 2.45) is 0 Å². The summed E-state index contributed by atoms with van der Waals surface area (Å²) in [5.74, 6) is 0. The fourth-order valence-corrected chi connectivity index (χ4v) is 0. The Kier molecular flexibility index (Phi) is 0.780. The van der Waals surface area contributed by atoms with E-state index in [1.165, 1.54) is 6.92 Å². The summed E-state index contributed by atoms with van der Waals surface area (Å²) in [5, 5.41) is 8.30. The smallest absolute Gasteiger partial charge is 0.315 e. The maximum atomic E-state index is 8.30. The van der Waals surface area contributed by atoms with Crippen molar-refractivity contribution in [3.05, 3.63) is 13.8 Å². The van der Waals surface area contributed by atoms with Crippen molar-refractivity contribution < 1.29 is 5.11 Å². The zero-order chi connectivity index (χ0) is 4.50. The topological polar surface area (TPSA) is 20.2 Å². The maximum Gasteiger partial charge on any atom is 0.330 e. The molecular weight excluding hydrogens is 64.0 g/mol. The lowest BCUT2D eigenvalue weighted by atomic mass is 10.2. The van der Waals surface area contributed by atoms with Gasteiger partial charge in [0.15, 0.2) is 0 Å². The van der Waals surface area contributed by atoms with Crippen LogP contribution in [0.2, 0.25) is 0 Å². The predicted octanol–water partition coefficient (Wildman–Crippen LogP) is 0.406. The van der Waals surface area contributed by atoms with Gasteiger partial charge in [-0.25, -0.2) is 0 Å². The van der Waals surface area contributed by atoms with Gasteiger partial charge in [-0.05, 0) is 0 Å². The van der Waals surface area contributed by atoms with Gasteiger partial charge >= 0.3 is 5.60 Å². The Hall–Kier alpha value is -0.300. The molecule has 0 unspecified atom stereocenters. The van der Waals surface area contributed by atoms with Gasteiger partial charge in [-0.1, -0.05) is 0 Å². The number of hydrogen-bond acceptors (Lipinski definition) is 1. The van der Waals surface area contributed by atoms with Crippen molar-refractivity contribution >= 4 is 0 Å². The number of hydrogen-bond donors (Lipinski definition) is 1. The summed E-state index contributed by atoms with van der Waals surface area (Å²) in [6.45, 7) is 7.95. The molecular formula is C4H8O+2. The zero-order valence-corrected chi connectivity index (χ0v) is 3.36. The van der Waals surface area contributed by atoms with E-state index in [1.54, 1.807) is 0 Å². The number of aliphatic hydroxyl groups is 1. The summed E-state index contributed by atoms with van der Waals surface area (Å²) in [6, 6.07) is 0. The average Bonchev–Trinajstić information content (AvgIpc) is 0.722. The molecule has 1 nitrogen and oxygen atoms in total. The number of rotatable bonds is 0. The molecule has 0 bridgehead atoms. The largest absolute Gasteiger partial charge is 0.330 e. The van der Waals surface area contributed by atoms with Crippen LogP contribution in [0.4, 0.5) is 0 Å². The van der Waals surface area contributed by atoms with E-state index >= 15 is 0 Å². The Morgan fingerprint density at radius 2 is 1.60 bits per heavy atom. The van der Waals surface area contributed by atoms with Crippen molar-refractivity contribution in [2.45, 2.75) is 12.5 Å². The predicted molar refractivity (Wildman–Crippen MR) is 21.3 cm³/mol. The molecule has 5 heavy (non-hydrogen) atoms. The van der Waals surface area contributed by atoms with Crippen molar-refractivity contribution in [1.29, 1.82) is 0 Å². The van der Waals surface area contributed by atoms with Gasteiger partial charge < -0.3 is 5.11 Å². The Balaban J connectivity index is 3.02. The molecule has 0 fully saturated rings. The first kappa shape index (κ1) is 4.70. The van der Waals surface area contributed by atoms with Crippen LogP contribution in [0.1, 0.15) is 6.92 Å².